The first-order chi connectivity index (χ1) is 15.1. The van der Waals surface area contributed by atoms with Gasteiger partial charge in [-0.15, -0.1) is 0 Å². The number of rotatable bonds is 4. The molecule has 0 saturated carbocycles. The zero-order chi connectivity index (χ0) is 21.4. The van der Waals surface area contributed by atoms with Crippen molar-refractivity contribution in [2.24, 2.45) is 0 Å². The Labute approximate surface area is 187 Å². The van der Waals surface area contributed by atoms with Crippen LogP contribution in [0.1, 0.15) is 60.9 Å². The maximum absolute atomic E-state index is 13.3. The summed E-state index contributed by atoms with van der Waals surface area (Å²) in [7, 11) is 1.68. The molecule has 1 saturated heterocycles. The molecule has 1 aromatic heterocycles. The number of methoxy groups -OCH3 is 1. The smallest absolute Gasteiger partial charge is 0.257 e. The Morgan fingerprint density at radius 1 is 1.19 bits per heavy atom. The summed E-state index contributed by atoms with van der Waals surface area (Å²) in [6.45, 7) is 1.55. The molecule has 3 heterocycles. The molecule has 1 aliphatic carbocycles. The predicted molar refractivity (Wildman–Crippen MR) is 121 cm³/mol. The minimum Gasteiger partial charge on any atom is -0.497 e. The van der Waals surface area contributed by atoms with Crippen molar-refractivity contribution in [1.29, 1.82) is 0 Å². The second-order valence-corrected chi connectivity index (χ2v) is 9.81. The fourth-order valence-corrected chi connectivity index (χ4v) is 6.30. The van der Waals surface area contributed by atoms with Crippen LogP contribution in [0.25, 0.3) is 0 Å². The summed E-state index contributed by atoms with van der Waals surface area (Å²) in [5, 5.41) is 0.801. The van der Waals surface area contributed by atoms with Gasteiger partial charge >= 0.3 is 0 Å². The molecule has 2 unspecified atom stereocenters. The first-order valence-corrected chi connectivity index (χ1v) is 12.3. The second kappa shape index (κ2) is 8.69. The number of aromatic nitrogens is 2. The van der Waals surface area contributed by atoms with E-state index in [0.717, 1.165) is 79.5 Å². The molecular formula is C24H29N3O3S. The number of hydrogen-bond donors (Lipinski definition) is 0. The van der Waals surface area contributed by atoms with Crippen molar-refractivity contribution in [3.63, 3.8) is 0 Å². The number of aryl methyl sites for hydroxylation is 1. The Kier molecular flexibility index (Phi) is 5.78. The topological polar surface area (TPSA) is 64.4 Å². The van der Waals surface area contributed by atoms with E-state index in [1.807, 2.05) is 21.6 Å². The number of ether oxygens (including phenoxy) is 1. The molecule has 0 radical (unpaired) electrons. The predicted octanol–water partition coefficient (Wildman–Crippen LogP) is 3.57. The third-order valence-electron chi connectivity index (χ3n) is 6.89. The molecule has 1 amide bonds. The lowest BCUT2D eigenvalue weighted by molar-refractivity contribution is -0.132. The van der Waals surface area contributed by atoms with Crippen LogP contribution in [0.2, 0.25) is 0 Å². The number of nitrogens with zero attached hydrogens (tertiary/aromatic N) is 3. The molecule has 1 aromatic carbocycles. The molecule has 3 aliphatic rings. The molecule has 0 spiro atoms. The summed E-state index contributed by atoms with van der Waals surface area (Å²) in [4.78, 5) is 33.1. The van der Waals surface area contributed by atoms with Crippen LogP contribution in [-0.2, 0) is 17.6 Å². The normalized spacial score (nSPS) is 22.7. The minimum absolute atomic E-state index is 0.0823. The zero-order valence-electron chi connectivity index (χ0n) is 18.0. The van der Waals surface area contributed by atoms with Gasteiger partial charge in [0.25, 0.3) is 5.56 Å². The quantitative estimate of drug-likeness (QED) is 0.682. The van der Waals surface area contributed by atoms with Gasteiger partial charge in [-0.3, -0.25) is 14.2 Å². The van der Waals surface area contributed by atoms with Gasteiger partial charge in [0, 0.05) is 36.7 Å². The van der Waals surface area contributed by atoms with E-state index in [1.165, 1.54) is 5.56 Å². The molecule has 7 heteroatoms. The van der Waals surface area contributed by atoms with Gasteiger partial charge in [-0.25, -0.2) is 4.98 Å². The van der Waals surface area contributed by atoms with E-state index in [2.05, 4.69) is 12.1 Å². The van der Waals surface area contributed by atoms with Gasteiger partial charge in [-0.05, 0) is 49.8 Å². The fourth-order valence-electron chi connectivity index (χ4n) is 5.15. The Bertz CT molecular complexity index is 1030. The highest BCUT2D eigenvalue weighted by Gasteiger charge is 2.33. The monoisotopic (exact) mass is 439 g/mol. The average molecular weight is 440 g/mol. The Hall–Kier alpha value is -2.28. The van der Waals surface area contributed by atoms with E-state index in [1.54, 1.807) is 18.9 Å². The van der Waals surface area contributed by atoms with Gasteiger partial charge in [0.2, 0.25) is 5.91 Å². The average Bonchev–Trinajstić information content (AvgIpc) is 3.34. The third-order valence-corrected chi connectivity index (χ3v) is 7.99. The van der Waals surface area contributed by atoms with Crippen LogP contribution in [0.4, 0.5) is 0 Å². The number of benzene rings is 1. The SMILES string of the molecule is COc1ccc(C2CCCCN(C(=O)CC3CSc4nc5c(c(=O)n43)CCC5)C2)cc1. The van der Waals surface area contributed by atoms with E-state index < -0.39 is 0 Å². The molecular weight excluding hydrogens is 410 g/mol. The number of hydrogen-bond acceptors (Lipinski definition) is 5. The van der Waals surface area contributed by atoms with Crippen molar-refractivity contribution < 1.29 is 9.53 Å². The number of carbonyl (C=O) groups excluding carboxylic acids is 1. The number of fused-ring (bicyclic) bond motifs is 2. The summed E-state index contributed by atoms with van der Waals surface area (Å²) in [6, 6.07) is 8.15. The summed E-state index contributed by atoms with van der Waals surface area (Å²) in [5.41, 5.74) is 3.20. The highest BCUT2D eigenvalue weighted by Crippen LogP contribution is 2.35. The van der Waals surface area contributed by atoms with Crippen molar-refractivity contribution >= 4 is 17.7 Å². The summed E-state index contributed by atoms with van der Waals surface area (Å²) in [5.74, 6) is 2.11. The molecule has 31 heavy (non-hydrogen) atoms. The van der Waals surface area contributed by atoms with Crippen LogP contribution >= 0.6 is 11.8 Å². The van der Waals surface area contributed by atoms with Crippen LogP contribution in [0.3, 0.4) is 0 Å². The summed E-state index contributed by atoms with van der Waals surface area (Å²) in [6.07, 6.45) is 6.37. The molecule has 1 fully saturated rings. The van der Waals surface area contributed by atoms with Gasteiger partial charge in [-0.2, -0.15) is 0 Å². The van der Waals surface area contributed by atoms with E-state index in [-0.39, 0.29) is 17.5 Å². The van der Waals surface area contributed by atoms with E-state index in [0.29, 0.717) is 12.3 Å². The second-order valence-electron chi connectivity index (χ2n) is 8.82. The lowest BCUT2D eigenvalue weighted by atomic mass is 9.94. The van der Waals surface area contributed by atoms with Crippen molar-refractivity contribution in [2.75, 3.05) is 26.0 Å². The molecule has 164 valence electrons. The number of thioether (sulfide) groups is 1. The standard InChI is InChI=1S/C24H29N3O3S/c1-30-19-10-8-16(9-11-19)17-5-2-3-12-26(14-17)22(28)13-18-15-31-24-25-21-7-4-6-20(21)23(29)27(18)24/h8-11,17-18H,2-7,12-15H2,1H3. The van der Waals surface area contributed by atoms with Crippen molar-refractivity contribution in [3.8, 4) is 5.75 Å². The Morgan fingerprint density at radius 3 is 2.84 bits per heavy atom. The molecule has 0 bridgehead atoms. The van der Waals surface area contributed by atoms with E-state index in [4.69, 9.17) is 9.72 Å². The van der Waals surface area contributed by atoms with Crippen molar-refractivity contribution in [2.45, 2.75) is 62.1 Å². The van der Waals surface area contributed by atoms with Crippen LogP contribution in [-0.4, -0.2) is 46.3 Å². The van der Waals surface area contributed by atoms with Gasteiger partial charge in [0.05, 0.1) is 18.8 Å². The van der Waals surface area contributed by atoms with Gasteiger partial charge < -0.3 is 9.64 Å². The largest absolute Gasteiger partial charge is 0.497 e. The first kappa shape index (κ1) is 20.6. The molecule has 2 aliphatic heterocycles. The Balaban J connectivity index is 1.31. The van der Waals surface area contributed by atoms with Crippen LogP contribution < -0.4 is 10.3 Å². The number of amides is 1. The van der Waals surface area contributed by atoms with Gasteiger partial charge in [0.15, 0.2) is 5.16 Å². The maximum atomic E-state index is 13.3. The first-order valence-electron chi connectivity index (χ1n) is 11.3. The van der Waals surface area contributed by atoms with Crippen LogP contribution in [0, 0.1) is 0 Å². The number of likely N-dealkylation sites (tertiary alicyclic amines) is 1. The van der Waals surface area contributed by atoms with E-state index in [9.17, 15) is 9.59 Å². The lowest BCUT2D eigenvalue weighted by Crippen LogP contribution is -2.37. The molecule has 0 N–H and O–H groups in total. The molecule has 5 rings (SSSR count). The fraction of sp³-hybridized carbons (Fsp3) is 0.542. The van der Waals surface area contributed by atoms with Crippen LogP contribution in [0.15, 0.2) is 34.2 Å². The van der Waals surface area contributed by atoms with Gasteiger partial charge in [0.1, 0.15) is 5.75 Å². The van der Waals surface area contributed by atoms with Crippen molar-refractivity contribution in [1.82, 2.24) is 14.5 Å². The molecule has 6 nitrogen and oxygen atoms in total. The van der Waals surface area contributed by atoms with Crippen molar-refractivity contribution in [3.05, 3.63) is 51.4 Å². The zero-order valence-corrected chi connectivity index (χ0v) is 18.8. The van der Waals surface area contributed by atoms with Crippen LogP contribution in [0.5, 0.6) is 5.75 Å². The number of carbonyl (C=O) groups is 1. The minimum atomic E-state index is -0.0823. The third kappa shape index (κ3) is 4.00. The maximum Gasteiger partial charge on any atom is 0.257 e. The summed E-state index contributed by atoms with van der Waals surface area (Å²) < 4.78 is 7.09. The lowest BCUT2D eigenvalue weighted by Gasteiger charge is -2.26. The molecule has 2 atom stereocenters. The van der Waals surface area contributed by atoms with Gasteiger partial charge in [-0.1, -0.05) is 30.3 Å². The highest BCUT2D eigenvalue weighted by atomic mass is 32.2. The highest BCUT2D eigenvalue weighted by molar-refractivity contribution is 7.99. The summed E-state index contributed by atoms with van der Waals surface area (Å²) >= 11 is 1.62. The Morgan fingerprint density at radius 2 is 2.03 bits per heavy atom. The van der Waals surface area contributed by atoms with E-state index >= 15 is 0 Å². The molecule has 2 aromatic rings.